The van der Waals surface area contributed by atoms with Crippen molar-refractivity contribution < 1.29 is 14.0 Å². The molecule has 3 aromatic rings. The average molecular weight is 400 g/mol. The van der Waals surface area contributed by atoms with Gasteiger partial charge in [0.1, 0.15) is 5.82 Å². The number of nitrogens with zero attached hydrogens (tertiary/aromatic N) is 1. The SMILES string of the molecule is O=C(Nc1ccc(F)c(Cl)c1)[C@H]1CCCN(C(=O)c2ccc3cc[nH]c3c2)C1. The van der Waals surface area contributed by atoms with Gasteiger partial charge in [-0.1, -0.05) is 17.7 Å². The van der Waals surface area contributed by atoms with Gasteiger partial charge in [-0.3, -0.25) is 9.59 Å². The van der Waals surface area contributed by atoms with Crippen molar-refractivity contribution in [3.8, 4) is 0 Å². The van der Waals surface area contributed by atoms with Crippen LogP contribution >= 0.6 is 11.6 Å². The minimum absolute atomic E-state index is 0.0436. The lowest BCUT2D eigenvalue weighted by Crippen LogP contribution is -2.43. The first kappa shape index (κ1) is 18.5. The lowest BCUT2D eigenvalue weighted by Gasteiger charge is -2.32. The number of piperidine rings is 1. The highest BCUT2D eigenvalue weighted by Crippen LogP contribution is 2.24. The second-order valence-corrected chi connectivity index (χ2v) is 7.40. The highest BCUT2D eigenvalue weighted by Gasteiger charge is 2.29. The zero-order chi connectivity index (χ0) is 19.7. The molecule has 2 N–H and O–H groups in total. The average Bonchev–Trinajstić information content (AvgIpc) is 3.18. The van der Waals surface area contributed by atoms with Gasteiger partial charge in [-0.2, -0.15) is 0 Å². The van der Waals surface area contributed by atoms with Crippen molar-refractivity contribution in [3.63, 3.8) is 0 Å². The Bertz CT molecular complexity index is 1050. The van der Waals surface area contributed by atoms with Gasteiger partial charge in [0.05, 0.1) is 10.9 Å². The van der Waals surface area contributed by atoms with E-state index >= 15 is 0 Å². The van der Waals surface area contributed by atoms with E-state index in [1.165, 1.54) is 18.2 Å². The molecule has 1 fully saturated rings. The van der Waals surface area contributed by atoms with Gasteiger partial charge in [0, 0.05) is 36.1 Å². The van der Waals surface area contributed by atoms with Gasteiger partial charge in [0.2, 0.25) is 5.91 Å². The Morgan fingerprint density at radius 3 is 2.86 bits per heavy atom. The number of H-pyrrole nitrogens is 1. The van der Waals surface area contributed by atoms with E-state index in [2.05, 4.69) is 10.3 Å². The highest BCUT2D eigenvalue weighted by atomic mass is 35.5. The molecular weight excluding hydrogens is 381 g/mol. The van der Waals surface area contributed by atoms with Crippen LogP contribution in [0.5, 0.6) is 0 Å². The third-order valence-corrected chi connectivity index (χ3v) is 5.36. The molecule has 0 bridgehead atoms. The summed E-state index contributed by atoms with van der Waals surface area (Å²) in [5, 5.41) is 3.77. The molecule has 1 atom stereocenters. The number of hydrogen-bond donors (Lipinski definition) is 2. The number of fused-ring (bicyclic) bond motifs is 1. The van der Waals surface area contributed by atoms with Crippen molar-refractivity contribution >= 4 is 40.0 Å². The summed E-state index contributed by atoms with van der Waals surface area (Å²) in [6, 6.07) is 11.6. The summed E-state index contributed by atoms with van der Waals surface area (Å²) in [5.41, 5.74) is 1.95. The zero-order valence-electron chi connectivity index (χ0n) is 15.0. The maximum atomic E-state index is 13.3. The Balaban J connectivity index is 1.44. The summed E-state index contributed by atoms with van der Waals surface area (Å²) in [4.78, 5) is 30.3. The number of aromatic nitrogens is 1. The van der Waals surface area contributed by atoms with Gasteiger partial charge in [-0.15, -0.1) is 0 Å². The Morgan fingerprint density at radius 2 is 2.04 bits per heavy atom. The number of anilines is 1. The molecule has 4 rings (SSSR count). The molecule has 2 amide bonds. The van der Waals surface area contributed by atoms with Gasteiger partial charge in [-0.25, -0.2) is 4.39 Å². The third-order valence-electron chi connectivity index (χ3n) is 5.07. The molecule has 0 spiro atoms. The minimum atomic E-state index is -0.534. The summed E-state index contributed by atoms with van der Waals surface area (Å²) in [6.07, 6.45) is 3.28. The molecular formula is C21H19ClFN3O2. The van der Waals surface area contributed by atoms with E-state index in [0.717, 1.165) is 17.3 Å². The summed E-state index contributed by atoms with van der Waals surface area (Å²) in [6.45, 7) is 0.968. The van der Waals surface area contributed by atoms with E-state index in [0.29, 0.717) is 30.8 Å². The van der Waals surface area contributed by atoms with Crippen molar-refractivity contribution in [2.45, 2.75) is 12.8 Å². The van der Waals surface area contributed by atoms with Gasteiger partial charge in [-0.05, 0) is 54.6 Å². The molecule has 1 aliphatic heterocycles. The second kappa shape index (κ2) is 7.64. The van der Waals surface area contributed by atoms with Crippen molar-refractivity contribution in [2.75, 3.05) is 18.4 Å². The molecule has 2 heterocycles. The number of amides is 2. The Labute approximate surface area is 166 Å². The smallest absolute Gasteiger partial charge is 0.253 e. The van der Waals surface area contributed by atoms with E-state index in [-0.39, 0.29) is 22.8 Å². The van der Waals surface area contributed by atoms with Crippen molar-refractivity contribution in [2.24, 2.45) is 5.92 Å². The monoisotopic (exact) mass is 399 g/mol. The Kier molecular flexibility index (Phi) is 5.05. The van der Waals surface area contributed by atoms with Gasteiger partial charge in [0.25, 0.3) is 5.91 Å². The van der Waals surface area contributed by atoms with E-state index in [9.17, 15) is 14.0 Å². The molecule has 1 aromatic heterocycles. The number of benzene rings is 2. The van der Waals surface area contributed by atoms with Gasteiger partial charge >= 0.3 is 0 Å². The number of carbonyl (C=O) groups is 2. The van der Waals surface area contributed by atoms with Crippen LogP contribution in [0.1, 0.15) is 23.2 Å². The first-order chi connectivity index (χ1) is 13.5. The van der Waals surface area contributed by atoms with E-state index in [1.54, 1.807) is 4.90 Å². The largest absolute Gasteiger partial charge is 0.361 e. The zero-order valence-corrected chi connectivity index (χ0v) is 15.8. The van der Waals surface area contributed by atoms with Crippen LogP contribution in [0.3, 0.4) is 0 Å². The number of aromatic amines is 1. The fourth-order valence-corrected chi connectivity index (χ4v) is 3.74. The van der Waals surface area contributed by atoms with Crippen LogP contribution in [0.25, 0.3) is 10.9 Å². The normalized spacial score (nSPS) is 16.9. The first-order valence-corrected chi connectivity index (χ1v) is 9.51. The first-order valence-electron chi connectivity index (χ1n) is 9.13. The standard InChI is InChI=1S/C21H19ClFN3O2/c22-17-11-16(5-6-18(17)23)25-20(27)15-2-1-9-26(12-15)21(28)14-4-3-13-7-8-24-19(13)10-14/h3-8,10-11,15,24H,1-2,9,12H2,(H,25,27)/t15-/m0/s1. The number of nitrogens with one attached hydrogen (secondary N) is 2. The van der Waals surface area contributed by atoms with Crippen LogP contribution in [0.15, 0.2) is 48.7 Å². The van der Waals surface area contributed by atoms with Crippen molar-refractivity contribution in [3.05, 3.63) is 65.1 Å². The molecule has 0 radical (unpaired) electrons. The molecule has 28 heavy (non-hydrogen) atoms. The van der Waals surface area contributed by atoms with Crippen LogP contribution in [0, 0.1) is 11.7 Å². The predicted octanol–water partition coefficient (Wildman–Crippen LogP) is 4.45. The maximum absolute atomic E-state index is 13.3. The molecule has 1 saturated heterocycles. The molecule has 0 aliphatic carbocycles. The van der Waals surface area contributed by atoms with Crippen LogP contribution in [0.2, 0.25) is 5.02 Å². The minimum Gasteiger partial charge on any atom is -0.361 e. The Hall–Kier alpha value is -2.86. The summed E-state index contributed by atoms with van der Waals surface area (Å²) < 4.78 is 13.3. The van der Waals surface area contributed by atoms with Gasteiger partial charge < -0.3 is 15.2 Å². The van der Waals surface area contributed by atoms with Crippen molar-refractivity contribution in [1.82, 2.24) is 9.88 Å². The molecule has 1 aliphatic rings. The summed E-state index contributed by atoms with van der Waals surface area (Å²) in [7, 11) is 0. The molecule has 144 valence electrons. The second-order valence-electron chi connectivity index (χ2n) is 6.99. The van der Waals surface area contributed by atoms with Crippen LogP contribution in [-0.2, 0) is 4.79 Å². The molecule has 0 saturated carbocycles. The van der Waals surface area contributed by atoms with E-state index in [1.807, 2.05) is 30.5 Å². The van der Waals surface area contributed by atoms with E-state index < -0.39 is 5.82 Å². The van der Waals surface area contributed by atoms with E-state index in [4.69, 9.17) is 11.6 Å². The van der Waals surface area contributed by atoms with Crippen LogP contribution in [0.4, 0.5) is 10.1 Å². The summed E-state index contributed by atoms with van der Waals surface area (Å²) >= 11 is 5.77. The number of halogens is 2. The predicted molar refractivity (Wildman–Crippen MR) is 107 cm³/mol. The van der Waals surface area contributed by atoms with Gasteiger partial charge in [0.15, 0.2) is 0 Å². The highest BCUT2D eigenvalue weighted by molar-refractivity contribution is 6.31. The van der Waals surface area contributed by atoms with Crippen molar-refractivity contribution in [1.29, 1.82) is 0 Å². The van der Waals surface area contributed by atoms with Crippen LogP contribution < -0.4 is 5.32 Å². The molecule has 7 heteroatoms. The third kappa shape index (κ3) is 3.73. The fraction of sp³-hybridized carbons (Fsp3) is 0.238. The Morgan fingerprint density at radius 1 is 1.18 bits per heavy atom. The molecule has 5 nitrogen and oxygen atoms in total. The number of likely N-dealkylation sites (tertiary alicyclic amines) is 1. The number of carbonyl (C=O) groups excluding carboxylic acids is 2. The molecule has 2 aromatic carbocycles. The number of hydrogen-bond acceptors (Lipinski definition) is 2. The topological polar surface area (TPSA) is 65.2 Å². The lowest BCUT2D eigenvalue weighted by atomic mass is 9.96. The van der Waals surface area contributed by atoms with Crippen LogP contribution in [-0.4, -0.2) is 34.8 Å². The summed E-state index contributed by atoms with van der Waals surface area (Å²) in [5.74, 6) is -1.14. The fourth-order valence-electron chi connectivity index (χ4n) is 3.56. The number of rotatable bonds is 3. The maximum Gasteiger partial charge on any atom is 0.253 e. The lowest BCUT2D eigenvalue weighted by molar-refractivity contribution is -0.121. The molecule has 0 unspecified atom stereocenters. The quantitative estimate of drug-likeness (QED) is 0.683.